The summed E-state index contributed by atoms with van der Waals surface area (Å²) in [6, 6.07) is 13.8. The average Bonchev–Trinajstić information content (AvgIpc) is 3.15. The number of amides is 1. The van der Waals surface area contributed by atoms with Crippen LogP contribution in [0.4, 0.5) is 0 Å². The monoisotopic (exact) mass is 360 g/mol. The molecule has 4 aromatic rings. The highest BCUT2D eigenvalue weighted by Crippen LogP contribution is 2.37. The van der Waals surface area contributed by atoms with Crippen molar-refractivity contribution in [1.29, 1.82) is 0 Å². The van der Waals surface area contributed by atoms with Gasteiger partial charge in [-0.1, -0.05) is 12.1 Å². The first kappa shape index (κ1) is 16.6. The molecule has 4 N–H and O–H groups in total. The minimum Gasteiger partial charge on any atom is -0.508 e. The number of primary amides is 1. The minimum absolute atomic E-state index is 0.132. The third-order valence-corrected chi connectivity index (χ3v) is 4.36. The maximum absolute atomic E-state index is 12.4. The Balaban J connectivity index is 2.05. The van der Waals surface area contributed by atoms with E-state index in [0.717, 1.165) is 11.1 Å². The maximum Gasteiger partial charge on any atom is 0.251 e. The summed E-state index contributed by atoms with van der Waals surface area (Å²) in [5.41, 5.74) is 9.10. The normalized spacial score (nSPS) is 10.9. The number of aromatic hydroxyl groups is 1. The van der Waals surface area contributed by atoms with Gasteiger partial charge in [0, 0.05) is 16.5 Å². The van der Waals surface area contributed by atoms with E-state index in [4.69, 9.17) is 10.5 Å². The number of phenols is 1. The van der Waals surface area contributed by atoms with Crippen molar-refractivity contribution in [2.75, 3.05) is 7.11 Å². The molecule has 0 fully saturated rings. The maximum atomic E-state index is 12.4. The number of carbonyl (C=O) groups is 1. The molecule has 0 aliphatic carbocycles. The molecule has 0 radical (unpaired) electrons. The lowest BCUT2D eigenvalue weighted by molar-refractivity contribution is 0.100. The van der Waals surface area contributed by atoms with Gasteiger partial charge in [0.1, 0.15) is 11.5 Å². The van der Waals surface area contributed by atoms with Crippen LogP contribution in [0.1, 0.15) is 10.4 Å². The number of methoxy groups -OCH3 is 1. The van der Waals surface area contributed by atoms with Crippen LogP contribution in [0.25, 0.3) is 33.4 Å². The quantitative estimate of drug-likeness (QED) is 0.517. The van der Waals surface area contributed by atoms with E-state index in [-0.39, 0.29) is 5.75 Å². The van der Waals surface area contributed by atoms with Crippen LogP contribution in [0.15, 0.2) is 54.7 Å². The second-order valence-corrected chi connectivity index (χ2v) is 5.98. The highest BCUT2D eigenvalue weighted by Gasteiger charge is 2.22. The van der Waals surface area contributed by atoms with Crippen LogP contribution >= 0.6 is 0 Å². The number of carbonyl (C=O) groups excluding carboxylic acids is 1. The molecule has 4 rings (SSSR count). The van der Waals surface area contributed by atoms with Gasteiger partial charge >= 0.3 is 0 Å². The molecule has 2 heterocycles. The number of H-pyrrole nitrogens is 1. The Morgan fingerprint density at radius 2 is 1.74 bits per heavy atom. The molecule has 0 bridgehead atoms. The molecule has 0 aliphatic rings. The summed E-state index contributed by atoms with van der Waals surface area (Å²) < 4.78 is 5.19. The van der Waals surface area contributed by atoms with E-state index in [2.05, 4.69) is 15.2 Å². The van der Waals surface area contributed by atoms with Gasteiger partial charge in [0.05, 0.1) is 24.6 Å². The Morgan fingerprint density at radius 3 is 2.37 bits per heavy atom. The van der Waals surface area contributed by atoms with Gasteiger partial charge in [-0.2, -0.15) is 5.10 Å². The topological polar surface area (TPSA) is 114 Å². The van der Waals surface area contributed by atoms with E-state index in [0.29, 0.717) is 33.6 Å². The number of hydrogen-bond donors (Lipinski definition) is 3. The molecular formula is C20H16N4O3. The fourth-order valence-electron chi connectivity index (χ4n) is 3.09. The van der Waals surface area contributed by atoms with Crippen LogP contribution in [-0.2, 0) is 0 Å². The number of aromatic amines is 1. The van der Waals surface area contributed by atoms with E-state index in [1.165, 1.54) is 0 Å². The Hall–Kier alpha value is -3.87. The molecule has 0 atom stereocenters. The largest absolute Gasteiger partial charge is 0.508 e. The molecule has 0 aliphatic heterocycles. The van der Waals surface area contributed by atoms with Crippen molar-refractivity contribution < 1.29 is 14.6 Å². The van der Waals surface area contributed by atoms with Gasteiger partial charge in [-0.15, -0.1) is 0 Å². The lowest BCUT2D eigenvalue weighted by atomic mass is 9.93. The number of hydrogen-bond acceptors (Lipinski definition) is 5. The van der Waals surface area contributed by atoms with Gasteiger partial charge in [0.15, 0.2) is 5.65 Å². The zero-order valence-electron chi connectivity index (χ0n) is 14.4. The summed E-state index contributed by atoms with van der Waals surface area (Å²) in [5, 5.41) is 17.2. The van der Waals surface area contributed by atoms with E-state index >= 15 is 0 Å². The van der Waals surface area contributed by atoms with E-state index in [1.807, 2.05) is 12.1 Å². The molecule has 27 heavy (non-hydrogen) atoms. The zero-order valence-corrected chi connectivity index (χ0v) is 14.4. The summed E-state index contributed by atoms with van der Waals surface area (Å²) in [6.45, 7) is 0. The first-order chi connectivity index (χ1) is 13.1. The number of nitrogens with one attached hydrogen (secondary N) is 1. The van der Waals surface area contributed by atoms with Crippen LogP contribution in [0.3, 0.4) is 0 Å². The van der Waals surface area contributed by atoms with E-state index in [1.54, 1.807) is 49.7 Å². The van der Waals surface area contributed by atoms with Crippen LogP contribution in [0, 0.1) is 0 Å². The van der Waals surface area contributed by atoms with Crippen LogP contribution in [0.5, 0.6) is 11.5 Å². The van der Waals surface area contributed by atoms with Crippen molar-refractivity contribution >= 4 is 16.9 Å². The number of nitrogens with two attached hydrogens (primary N) is 1. The summed E-state index contributed by atoms with van der Waals surface area (Å²) in [6.07, 6.45) is 1.61. The second-order valence-electron chi connectivity index (χ2n) is 5.98. The molecule has 0 saturated carbocycles. The molecule has 0 spiro atoms. The summed E-state index contributed by atoms with van der Waals surface area (Å²) in [5.74, 6) is 0.229. The first-order valence-corrected chi connectivity index (χ1v) is 8.19. The Labute approximate surface area is 154 Å². The highest BCUT2D eigenvalue weighted by molar-refractivity contribution is 6.12. The standard InChI is InChI=1S/C20H16N4O3/c1-27-14-8-4-12(5-9-14)18-17(19(21)26)16(11-2-6-13(25)7-3-11)15-10-22-24-20(15)23-18/h2-10,25H,1H3,(H2,21,26)(H,22,23,24). The van der Waals surface area contributed by atoms with Gasteiger partial charge in [-0.3, -0.25) is 9.89 Å². The number of ether oxygens (including phenoxy) is 1. The van der Waals surface area contributed by atoms with Crippen molar-refractivity contribution in [3.05, 3.63) is 60.3 Å². The molecule has 2 aromatic carbocycles. The molecule has 2 aromatic heterocycles. The van der Waals surface area contributed by atoms with Crippen molar-refractivity contribution in [3.63, 3.8) is 0 Å². The van der Waals surface area contributed by atoms with Gasteiger partial charge < -0.3 is 15.6 Å². The molecule has 1 amide bonds. The molecule has 134 valence electrons. The zero-order chi connectivity index (χ0) is 19.0. The molecule has 0 saturated heterocycles. The van der Waals surface area contributed by atoms with Crippen molar-refractivity contribution in [2.24, 2.45) is 5.73 Å². The van der Waals surface area contributed by atoms with Gasteiger partial charge in [0.25, 0.3) is 5.91 Å². The predicted octanol–water partition coefficient (Wildman–Crippen LogP) is 3.11. The van der Waals surface area contributed by atoms with Gasteiger partial charge in [-0.05, 0) is 42.0 Å². The lowest BCUT2D eigenvalue weighted by Crippen LogP contribution is -2.15. The SMILES string of the molecule is COc1ccc(-c2nc3[nH]ncc3c(-c3ccc(O)cc3)c2C(N)=O)cc1. The Kier molecular flexibility index (Phi) is 3.97. The van der Waals surface area contributed by atoms with Crippen molar-refractivity contribution in [1.82, 2.24) is 15.2 Å². The molecule has 0 unspecified atom stereocenters. The highest BCUT2D eigenvalue weighted by atomic mass is 16.5. The minimum atomic E-state index is -0.598. The van der Waals surface area contributed by atoms with Gasteiger partial charge in [-0.25, -0.2) is 4.98 Å². The van der Waals surface area contributed by atoms with Crippen LogP contribution < -0.4 is 10.5 Å². The van der Waals surface area contributed by atoms with Gasteiger partial charge in [0.2, 0.25) is 0 Å². The predicted molar refractivity (Wildman–Crippen MR) is 101 cm³/mol. The Morgan fingerprint density at radius 1 is 1.07 bits per heavy atom. The van der Waals surface area contributed by atoms with E-state index in [9.17, 15) is 9.90 Å². The fourth-order valence-corrected chi connectivity index (χ4v) is 3.09. The number of aromatic nitrogens is 3. The molecule has 7 nitrogen and oxygen atoms in total. The number of pyridine rings is 1. The van der Waals surface area contributed by atoms with Crippen molar-refractivity contribution in [3.8, 4) is 33.9 Å². The summed E-state index contributed by atoms with van der Waals surface area (Å²) in [4.78, 5) is 17.0. The lowest BCUT2D eigenvalue weighted by Gasteiger charge is -2.14. The summed E-state index contributed by atoms with van der Waals surface area (Å²) in [7, 11) is 1.58. The molecular weight excluding hydrogens is 344 g/mol. The fraction of sp³-hybridized carbons (Fsp3) is 0.0500. The Bertz CT molecular complexity index is 1130. The number of nitrogens with zero attached hydrogens (tertiary/aromatic N) is 2. The third-order valence-electron chi connectivity index (χ3n) is 4.36. The number of benzene rings is 2. The number of fused-ring (bicyclic) bond motifs is 1. The summed E-state index contributed by atoms with van der Waals surface area (Å²) >= 11 is 0. The number of phenolic OH excluding ortho intramolecular Hbond substituents is 1. The molecule has 7 heteroatoms. The third kappa shape index (κ3) is 2.85. The average molecular weight is 360 g/mol. The van der Waals surface area contributed by atoms with Crippen LogP contribution in [0.2, 0.25) is 0 Å². The number of rotatable bonds is 4. The second kappa shape index (κ2) is 6.45. The van der Waals surface area contributed by atoms with Crippen LogP contribution in [-0.4, -0.2) is 33.3 Å². The smallest absolute Gasteiger partial charge is 0.251 e. The van der Waals surface area contributed by atoms with E-state index < -0.39 is 5.91 Å². The first-order valence-electron chi connectivity index (χ1n) is 8.19. The van der Waals surface area contributed by atoms with Crippen molar-refractivity contribution in [2.45, 2.75) is 0 Å².